The normalized spacial score (nSPS) is 10.6. The second kappa shape index (κ2) is 12.1. The lowest BCUT2D eigenvalue weighted by Gasteiger charge is -2.00. The number of hydrogen-bond donors (Lipinski definition) is 0. The molecule has 0 aliphatic rings. The molecule has 0 bridgehead atoms. The van der Waals surface area contributed by atoms with Crippen LogP contribution in [0.5, 0.6) is 0 Å². The molecule has 0 aromatic carbocycles. The molecule has 0 N–H and O–H groups in total. The molecule has 0 aliphatic heterocycles. The largest absolute Gasteiger partial charge is 0.466 e. The molecule has 4 nitrogen and oxygen atoms in total. The van der Waals surface area contributed by atoms with Crippen LogP contribution in [0, 0.1) is 0 Å². The molecule has 0 aliphatic carbocycles. The van der Waals surface area contributed by atoms with Crippen molar-refractivity contribution in [1.82, 2.24) is 0 Å². The molecule has 0 fully saturated rings. The van der Waals surface area contributed by atoms with Gasteiger partial charge in [0.15, 0.2) is 0 Å². The minimum Gasteiger partial charge on any atom is -0.466 e. The zero-order valence-electron chi connectivity index (χ0n) is 11.4. The van der Waals surface area contributed by atoms with Gasteiger partial charge < -0.3 is 9.47 Å². The van der Waals surface area contributed by atoms with Crippen LogP contribution in [0.15, 0.2) is 12.2 Å². The molecular weight excluding hydrogens is 232 g/mol. The van der Waals surface area contributed by atoms with Gasteiger partial charge in [-0.05, 0) is 38.5 Å². The number of esters is 2. The Kier molecular flexibility index (Phi) is 11.3. The highest BCUT2D eigenvalue weighted by molar-refractivity contribution is 5.66. The third kappa shape index (κ3) is 14.7. The zero-order valence-corrected chi connectivity index (χ0v) is 11.4. The van der Waals surface area contributed by atoms with E-state index >= 15 is 0 Å². The third-order valence-corrected chi connectivity index (χ3v) is 2.31. The van der Waals surface area contributed by atoms with Gasteiger partial charge in [-0.25, -0.2) is 0 Å². The Labute approximate surface area is 109 Å². The van der Waals surface area contributed by atoms with Gasteiger partial charge in [-0.3, -0.25) is 9.59 Å². The minimum atomic E-state index is -0.216. The van der Waals surface area contributed by atoms with Gasteiger partial charge in [0.1, 0.15) is 0 Å². The molecule has 0 saturated heterocycles. The highest BCUT2D eigenvalue weighted by atomic mass is 16.5. The van der Waals surface area contributed by atoms with Gasteiger partial charge in [-0.15, -0.1) is 0 Å². The van der Waals surface area contributed by atoms with Crippen molar-refractivity contribution in [2.24, 2.45) is 0 Å². The summed E-state index contributed by atoms with van der Waals surface area (Å²) in [5.41, 5.74) is 0. The summed E-state index contributed by atoms with van der Waals surface area (Å²) in [5, 5.41) is 0. The van der Waals surface area contributed by atoms with Crippen molar-refractivity contribution in [2.75, 3.05) is 13.2 Å². The number of unbranched alkanes of at least 4 members (excludes halogenated alkanes) is 4. The number of ether oxygens (including phenoxy) is 2. The van der Waals surface area contributed by atoms with E-state index in [-0.39, 0.29) is 11.9 Å². The minimum absolute atomic E-state index is 0.206. The van der Waals surface area contributed by atoms with Crippen LogP contribution in [-0.2, 0) is 19.1 Å². The highest BCUT2D eigenvalue weighted by Crippen LogP contribution is 2.02. The fraction of sp³-hybridized carbons (Fsp3) is 0.714. The quantitative estimate of drug-likeness (QED) is 0.342. The van der Waals surface area contributed by atoms with Crippen LogP contribution in [0.3, 0.4) is 0 Å². The van der Waals surface area contributed by atoms with Gasteiger partial charge in [0, 0.05) is 13.8 Å². The number of hydrogen-bond acceptors (Lipinski definition) is 4. The Balaban J connectivity index is 3.13. The Morgan fingerprint density at radius 2 is 1.28 bits per heavy atom. The molecule has 0 rings (SSSR count). The molecule has 0 saturated carbocycles. The monoisotopic (exact) mass is 256 g/mol. The zero-order chi connectivity index (χ0) is 13.6. The molecule has 0 spiro atoms. The maximum Gasteiger partial charge on any atom is 0.302 e. The number of carbonyl (C=O) groups excluding carboxylic acids is 2. The number of carbonyl (C=O) groups is 2. The summed E-state index contributed by atoms with van der Waals surface area (Å²) in [6.45, 7) is 3.88. The average Bonchev–Trinajstić information content (AvgIpc) is 2.29. The van der Waals surface area contributed by atoms with E-state index in [0.717, 1.165) is 38.5 Å². The first kappa shape index (κ1) is 16.7. The van der Waals surface area contributed by atoms with Gasteiger partial charge >= 0.3 is 11.9 Å². The van der Waals surface area contributed by atoms with Crippen LogP contribution in [0.25, 0.3) is 0 Å². The standard InChI is InChI=1S/C14H24O4/c1-13(15)17-11-9-7-5-3-4-6-8-10-12-18-14(2)16/h3,5H,4,6-12H2,1-2H3/b5-3+. The van der Waals surface area contributed by atoms with E-state index in [1.807, 2.05) is 0 Å². The van der Waals surface area contributed by atoms with Gasteiger partial charge in [0.2, 0.25) is 0 Å². The van der Waals surface area contributed by atoms with Crippen molar-refractivity contribution in [3.05, 3.63) is 12.2 Å². The van der Waals surface area contributed by atoms with Gasteiger partial charge in [-0.2, -0.15) is 0 Å². The summed E-state index contributed by atoms with van der Waals surface area (Å²) in [7, 11) is 0. The van der Waals surface area contributed by atoms with E-state index in [2.05, 4.69) is 12.2 Å². The second-order valence-corrected chi connectivity index (χ2v) is 4.14. The van der Waals surface area contributed by atoms with Crippen molar-refractivity contribution in [1.29, 1.82) is 0 Å². The first-order valence-electron chi connectivity index (χ1n) is 6.54. The Morgan fingerprint density at radius 3 is 1.83 bits per heavy atom. The summed E-state index contributed by atoms with van der Waals surface area (Å²) in [6.07, 6.45) is 10.3. The van der Waals surface area contributed by atoms with Crippen molar-refractivity contribution < 1.29 is 19.1 Å². The number of allylic oxidation sites excluding steroid dienone is 2. The molecule has 0 radical (unpaired) electrons. The SMILES string of the molecule is CC(=O)OCCC/C=C/CCCCCOC(C)=O. The molecule has 0 aromatic rings. The van der Waals surface area contributed by atoms with Crippen LogP contribution in [0.4, 0.5) is 0 Å². The summed E-state index contributed by atoms with van der Waals surface area (Å²) in [6, 6.07) is 0. The fourth-order valence-electron chi connectivity index (χ4n) is 1.41. The van der Waals surface area contributed by atoms with E-state index in [9.17, 15) is 9.59 Å². The van der Waals surface area contributed by atoms with Crippen LogP contribution in [0.2, 0.25) is 0 Å². The van der Waals surface area contributed by atoms with Crippen LogP contribution in [0.1, 0.15) is 52.4 Å². The predicted octanol–water partition coefficient (Wildman–Crippen LogP) is 3.01. The molecule has 0 aromatic heterocycles. The third-order valence-electron chi connectivity index (χ3n) is 2.31. The lowest BCUT2D eigenvalue weighted by Crippen LogP contribution is -2.00. The fourth-order valence-corrected chi connectivity index (χ4v) is 1.41. The van der Waals surface area contributed by atoms with E-state index in [1.54, 1.807) is 0 Å². The molecule has 0 amide bonds. The van der Waals surface area contributed by atoms with Crippen LogP contribution >= 0.6 is 0 Å². The summed E-state index contributed by atoms with van der Waals surface area (Å²) >= 11 is 0. The van der Waals surface area contributed by atoms with E-state index < -0.39 is 0 Å². The maximum atomic E-state index is 10.5. The molecule has 4 heteroatoms. The van der Waals surface area contributed by atoms with Gasteiger partial charge in [0.05, 0.1) is 13.2 Å². The second-order valence-electron chi connectivity index (χ2n) is 4.14. The predicted molar refractivity (Wildman–Crippen MR) is 70.1 cm³/mol. The van der Waals surface area contributed by atoms with Crippen molar-refractivity contribution in [3.63, 3.8) is 0 Å². The summed E-state index contributed by atoms with van der Waals surface area (Å²) in [5.74, 6) is -0.422. The molecule has 0 unspecified atom stereocenters. The van der Waals surface area contributed by atoms with Crippen LogP contribution in [-0.4, -0.2) is 25.2 Å². The summed E-state index contributed by atoms with van der Waals surface area (Å²) in [4.78, 5) is 21.0. The number of rotatable bonds is 10. The molecular formula is C14H24O4. The van der Waals surface area contributed by atoms with E-state index in [4.69, 9.17) is 9.47 Å². The molecule has 18 heavy (non-hydrogen) atoms. The first-order chi connectivity index (χ1) is 8.63. The smallest absolute Gasteiger partial charge is 0.302 e. The van der Waals surface area contributed by atoms with E-state index in [0.29, 0.717) is 13.2 Å². The Bertz CT molecular complexity index is 259. The topological polar surface area (TPSA) is 52.6 Å². The molecule has 0 heterocycles. The lowest BCUT2D eigenvalue weighted by atomic mass is 10.2. The molecule has 0 atom stereocenters. The van der Waals surface area contributed by atoms with Gasteiger partial charge in [0.25, 0.3) is 0 Å². The first-order valence-corrected chi connectivity index (χ1v) is 6.54. The molecule has 104 valence electrons. The maximum absolute atomic E-state index is 10.5. The Morgan fingerprint density at radius 1 is 0.778 bits per heavy atom. The summed E-state index contributed by atoms with van der Waals surface area (Å²) < 4.78 is 9.65. The van der Waals surface area contributed by atoms with Crippen LogP contribution < -0.4 is 0 Å². The van der Waals surface area contributed by atoms with Gasteiger partial charge in [-0.1, -0.05) is 12.2 Å². The lowest BCUT2D eigenvalue weighted by molar-refractivity contribution is -0.142. The highest BCUT2D eigenvalue weighted by Gasteiger charge is 1.92. The van der Waals surface area contributed by atoms with Crippen molar-refractivity contribution in [2.45, 2.75) is 52.4 Å². The van der Waals surface area contributed by atoms with Crippen molar-refractivity contribution >= 4 is 11.9 Å². The Hall–Kier alpha value is -1.32. The average molecular weight is 256 g/mol. The van der Waals surface area contributed by atoms with E-state index in [1.165, 1.54) is 13.8 Å². The van der Waals surface area contributed by atoms with Crippen molar-refractivity contribution in [3.8, 4) is 0 Å².